The number of esters is 1. The minimum Gasteiger partial charge on any atom is -0.466 e. The zero-order valence-corrected chi connectivity index (χ0v) is 19.7. The van der Waals surface area contributed by atoms with Crippen LogP contribution >= 0.6 is 0 Å². The van der Waals surface area contributed by atoms with Gasteiger partial charge in [-0.15, -0.1) is 0 Å². The number of nitrogens with one attached hydrogen (secondary N) is 2. The van der Waals surface area contributed by atoms with Crippen LogP contribution in [0.4, 0.5) is 14.9 Å². The van der Waals surface area contributed by atoms with Crippen molar-refractivity contribution >= 4 is 17.7 Å². The van der Waals surface area contributed by atoms with Gasteiger partial charge in [0, 0.05) is 31.5 Å². The Morgan fingerprint density at radius 2 is 1.94 bits per heavy atom. The molecule has 1 saturated heterocycles. The molecule has 3 heterocycles. The van der Waals surface area contributed by atoms with Gasteiger partial charge in [0.15, 0.2) is 0 Å². The van der Waals surface area contributed by atoms with E-state index in [4.69, 9.17) is 4.74 Å². The SMILES string of the molecule is CCOC(=O)C1CCC(CNC(=O)N2CCC3(CC2)Nc2cc(F)ccc2-n2cccc23)CC1. The smallest absolute Gasteiger partial charge is 0.317 e. The van der Waals surface area contributed by atoms with E-state index in [1.165, 1.54) is 6.07 Å². The Hall–Kier alpha value is -3.03. The van der Waals surface area contributed by atoms with Crippen LogP contribution in [0.25, 0.3) is 5.69 Å². The summed E-state index contributed by atoms with van der Waals surface area (Å²) >= 11 is 0. The number of benzene rings is 1. The van der Waals surface area contributed by atoms with Gasteiger partial charge < -0.3 is 24.8 Å². The van der Waals surface area contributed by atoms with Gasteiger partial charge in [-0.1, -0.05) is 0 Å². The predicted molar refractivity (Wildman–Crippen MR) is 127 cm³/mol. The maximum absolute atomic E-state index is 13.9. The summed E-state index contributed by atoms with van der Waals surface area (Å²) < 4.78 is 21.2. The number of rotatable bonds is 4. The number of carbonyl (C=O) groups excluding carboxylic acids is 2. The van der Waals surface area contributed by atoms with E-state index in [2.05, 4.69) is 21.3 Å². The second-order valence-electron chi connectivity index (χ2n) is 9.77. The van der Waals surface area contributed by atoms with E-state index < -0.39 is 0 Å². The second-order valence-corrected chi connectivity index (χ2v) is 9.77. The summed E-state index contributed by atoms with van der Waals surface area (Å²) in [6.07, 6.45) is 7.06. The van der Waals surface area contributed by atoms with Gasteiger partial charge in [0.25, 0.3) is 0 Å². The number of ether oxygens (including phenoxy) is 1. The third-order valence-electron chi connectivity index (χ3n) is 7.74. The highest BCUT2D eigenvalue weighted by atomic mass is 19.1. The van der Waals surface area contributed by atoms with Crippen LogP contribution in [0.3, 0.4) is 0 Å². The Morgan fingerprint density at radius 1 is 1.18 bits per heavy atom. The van der Waals surface area contributed by atoms with Gasteiger partial charge in [0.2, 0.25) is 0 Å². The molecule has 0 atom stereocenters. The van der Waals surface area contributed by atoms with Crippen molar-refractivity contribution in [1.29, 1.82) is 0 Å². The molecule has 1 spiro atoms. The number of hydrogen-bond donors (Lipinski definition) is 2. The standard InChI is InChI=1S/C26H33FN4O3/c1-2-34-24(32)19-7-5-18(6-8-19)17-28-25(33)30-14-11-26(12-15-30)23-4-3-13-31(23)22-10-9-20(27)16-21(22)29-26/h3-4,9-10,13,16,18-19,29H,2,5-8,11-12,14-15,17H2,1H3,(H,28,33). The molecule has 7 nitrogen and oxygen atoms in total. The van der Waals surface area contributed by atoms with Gasteiger partial charge in [0.1, 0.15) is 5.82 Å². The number of halogens is 1. The van der Waals surface area contributed by atoms with Crippen LogP contribution in [0.1, 0.15) is 51.1 Å². The van der Waals surface area contributed by atoms with E-state index in [1.54, 1.807) is 12.1 Å². The Kier molecular flexibility index (Phi) is 6.23. The van der Waals surface area contributed by atoms with Gasteiger partial charge >= 0.3 is 12.0 Å². The van der Waals surface area contributed by atoms with Crippen molar-refractivity contribution < 1.29 is 18.7 Å². The van der Waals surface area contributed by atoms with E-state index in [9.17, 15) is 14.0 Å². The lowest BCUT2D eigenvalue weighted by molar-refractivity contribution is -0.149. The van der Waals surface area contributed by atoms with Crippen LogP contribution in [0.2, 0.25) is 0 Å². The topological polar surface area (TPSA) is 75.6 Å². The number of piperidine rings is 1. The van der Waals surface area contributed by atoms with Crippen molar-refractivity contribution in [3.63, 3.8) is 0 Å². The number of aromatic nitrogens is 1. The highest BCUT2D eigenvalue weighted by molar-refractivity contribution is 5.75. The van der Waals surface area contributed by atoms with Crippen LogP contribution in [0.15, 0.2) is 36.5 Å². The van der Waals surface area contributed by atoms with Gasteiger partial charge in [-0.2, -0.15) is 0 Å². The lowest BCUT2D eigenvalue weighted by atomic mass is 9.82. The van der Waals surface area contributed by atoms with Crippen LogP contribution < -0.4 is 10.6 Å². The van der Waals surface area contributed by atoms with E-state index in [0.717, 1.165) is 55.6 Å². The second kappa shape index (κ2) is 9.31. The number of likely N-dealkylation sites (tertiary alicyclic amines) is 1. The fraction of sp³-hybridized carbons (Fsp3) is 0.538. The average molecular weight is 469 g/mol. The maximum Gasteiger partial charge on any atom is 0.317 e. The summed E-state index contributed by atoms with van der Waals surface area (Å²) in [5.41, 5.74) is 2.59. The van der Waals surface area contributed by atoms with Gasteiger partial charge in [0.05, 0.1) is 29.4 Å². The zero-order chi connectivity index (χ0) is 23.7. The molecule has 34 heavy (non-hydrogen) atoms. The Labute approximate surface area is 199 Å². The molecule has 0 bridgehead atoms. The number of carbonyl (C=O) groups is 2. The van der Waals surface area contributed by atoms with Gasteiger partial charge in [-0.3, -0.25) is 4.79 Å². The number of fused-ring (bicyclic) bond motifs is 4. The molecule has 2 aliphatic heterocycles. The Morgan fingerprint density at radius 3 is 2.68 bits per heavy atom. The highest BCUT2D eigenvalue weighted by Crippen LogP contribution is 2.43. The molecule has 2 aromatic rings. The number of nitrogens with zero attached hydrogens (tertiary/aromatic N) is 2. The molecule has 2 N–H and O–H groups in total. The number of urea groups is 1. The van der Waals surface area contributed by atoms with E-state index in [1.807, 2.05) is 24.1 Å². The van der Waals surface area contributed by atoms with Crippen molar-refractivity contribution in [2.75, 3.05) is 31.6 Å². The number of amides is 2. The zero-order valence-electron chi connectivity index (χ0n) is 19.7. The molecule has 2 amide bonds. The van der Waals surface area contributed by atoms with Gasteiger partial charge in [-0.05, 0) is 81.7 Å². The minimum absolute atomic E-state index is 0.00531. The van der Waals surface area contributed by atoms with Crippen molar-refractivity contribution in [2.24, 2.45) is 11.8 Å². The van der Waals surface area contributed by atoms with Crippen molar-refractivity contribution in [1.82, 2.24) is 14.8 Å². The van der Waals surface area contributed by atoms with Crippen LogP contribution in [-0.2, 0) is 15.1 Å². The lowest BCUT2D eigenvalue weighted by Crippen LogP contribution is -2.53. The fourth-order valence-electron chi connectivity index (χ4n) is 5.80. The summed E-state index contributed by atoms with van der Waals surface area (Å²) in [5.74, 6) is 0.0661. The summed E-state index contributed by atoms with van der Waals surface area (Å²) in [4.78, 5) is 26.7. The molecule has 8 heteroatoms. The molecule has 182 valence electrons. The van der Waals surface area contributed by atoms with Crippen molar-refractivity contribution in [3.05, 3.63) is 48.0 Å². The maximum atomic E-state index is 13.9. The molecule has 5 rings (SSSR count). The first-order valence-electron chi connectivity index (χ1n) is 12.4. The quantitative estimate of drug-likeness (QED) is 0.652. The monoisotopic (exact) mass is 468 g/mol. The Bertz CT molecular complexity index is 1050. The predicted octanol–water partition coefficient (Wildman–Crippen LogP) is 4.41. The first kappa shape index (κ1) is 22.7. The van der Waals surface area contributed by atoms with Gasteiger partial charge in [-0.25, -0.2) is 9.18 Å². The molecule has 1 aromatic heterocycles. The number of anilines is 1. The molecule has 2 fully saturated rings. The minimum atomic E-state index is -0.313. The van der Waals surface area contributed by atoms with Crippen LogP contribution in [0.5, 0.6) is 0 Å². The summed E-state index contributed by atoms with van der Waals surface area (Å²) in [6, 6.07) is 8.94. The number of hydrogen-bond acceptors (Lipinski definition) is 4. The van der Waals surface area contributed by atoms with Crippen molar-refractivity contribution in [2.45, 2.75) is 51.0 Å². The summed E-state index contributed by atoms with van der Waals surface area (Å²) in [6.45, 7) is 4.16. The molecular weight excluding hydrogens is 435 g/mol. The van der Waals surface area contributed by atoms with E-state index in [0.29, 0.717) is 32.2 Å². The summed E-state index contributed by atoms with van der Waals surface area (Å²) in [7, 11) is 0. The average Bonchev–Trinajstić information content (AvgIpc) is 3.35. The van der Waals surface area contributed by atoms with Crippen molar-refractivity contribution in [3.8, 4) is 5.69 Å². The first-order chi connectivity index (χ1) is 16.5. The fourth-order valence-corrected chi connectivity index (χ4v) is 5.80. The normalized spacial score (nSPS) is 22.9. The molecule has 1 aromatic carbocycles. The molecule has 0 unspecified atom stereocenters. The molecule has 1 aliphatic carbocycles. The van der Waals surface area contributed by atoms with E-state index >= 15 is 0 Å². The highest BCUT2D eigenvalue weighted by Gasteiger charge is 2.42. The third-order valence-corrected chi connectivity index (χ3v) is 7.74. The molecular formula is C26H33FN4O3. The molecule has 1 saturated carbocycles. The lowest BCUT2D eigenvalue weighted by Gasteiger charge is -2.46. The summed E-state index contributed by atoms with van der Waals surface area (Å²) in [5, 5.41) is 6.72. The first-order valence-corrected chi connectivity index (χ1v) is 12.4. The molecule has 0 radical (unpaired) electrons. The van der Waals surface area contributed by atoms with E-state index in [-0.39, 0.29) is 29.3 Å². The van der Waals surface area contributed by atoms with Crippen LogP contribution in [0, 0.1) is 17.7 Å². The Balaban J connectivity index is 1.15. The molecule has 3 aliphatic rings. The third kappa shape index (κ3) is 4.26. The largest absolute Gasteiger partial charge is 0.466 e. The van der Waals surface area contributed by atoms with Crippen LogP contribution in [-0.4, -0.2) is 47.7 Å².